The molecule has 230 valence electrons. The fraction of sp³-hybridized carbons (Fsp3) is 0.452. The molecule has 1 fully saturated rings. The second kappa shape index (κ2) is 13.1. The number of nitrogens with zero attached hydrogens (tertiary/aromatic N) is 4. The van der Waals surface area contributed by atoms with Crippen molar-refractivity contribution in [2.75, 3.05) is 18.4 Å². The standard InChI is InChI=1S/C29H33ClFN5.C2HF3O2/c1-19-29-24-9-7-21(20-11-14-35(15-12-20)23-5-3-2-4-6-23)17-25(24)27(13-16-36(29)34-33-19)32-28-18-22(30)8-10-26(28)31;3-2(4,5)1(6)7/h7-11,17-18,23,27,32H,2-6,12-16H2,1H3;(H,6,7). The number of aromatic nitrogens is 3. The average Bonchev–Trinajstić information content (AvgIpc) is 3.28. The van der Waals surface area contributed by atoms with Gasteiger partial charge in [0.15, 0.2) is 0 Å². The number of hydrogen-bond donors (Lipinski definition) is 2. The number of anilines is 1. The lowest BCUT2D eigenvalue weighted by atomic mass is 9.89. The highest BCUT2D eigenvalue weighted by Crippen LogP contribution is 2.40. The average molecular weight is 620 g/mol. The van der Waals surface area contributed by atoms with E-state index in [-0.39, 0.29) is 11.9 Å². The highest BCUT2D eigenvalue weighted by molar-refractivity contribution is 6.30. The first-order valence-corrected chi connectivity index (χ1v) is 14.9. The van der Waals surface area contributed by atoms with Crippen molar-refractivity contribution >= 4 is 28.8 Å². The van der Waals surface area contributed by atoms with Gasteiger partial charge in [0.25, 0.3) is 0 Å². The van der Waals surface area contributed by atoms with Crippen molar-refractivity contribution in [2.24, 2.45) is 0 Å². The van der Waals surface area contributed by atoms with Gasteiger partial charge in [-0.2, -0.15) is 13.2 Å². The van der Waals surface area contributed by atoms with Crippen LogP contribution in [-0.2, 0) is 11.3 Å². The Labute approximate surface area is 252 Å². The molecule has 7 nitrogen and oxygen atoms in total. The minimum Gasteiger partial charge on any atom is -0.475 e. The summed E-state index contributed by atoms with van der Waals surface area (Å²) in [4.78, 5) is 11.6. The number of rotatable bonds is 4. The predicted molar refractivity (Wildman–Crippen MR) is 157 cm³/mol. The van der Waals surface area contributed by atoms with Crippen LogP contribution in [0.2, 0.25) is 5.02 Å². The van der Waals surface area contributed by atoms with Gasteiger partial charge in [-0.05, 0) is 73.6 Å². The maximum Gasteiger partial charge on any atom is 0.490 e. The Kier molecular flexibility index (Phi) is 9.41. The van der Waals surface area contributed by atoms with Gasteiger partial charge >= 0.3 is 12.1 Å². The molecule has 1 atom stereocenters. The van der Waals surface area contributed by atoms with Gasteiger partial charge in [-0.3, -0.25) is 4.90 Å². The van der Waals surface area contributed by atoms with E-state index >= 15 is 0 Å². The van der Waals surface area contributed by atoms with Crippen LogP contribution < -0.4 is 5.32 Å². The van der Waals surface area contributed by atoms with Gasteiger partial charge in [0.2, 0.25) is 0 Å². The first kappa shape index (κ1) is 31.0. The summed E-state index contributed by atoms with van der Waals surface area (Å²) < 4.78 is 48.4. The molecule has 0 spiro atoms. The van der Waals surface area contributed by atoms with Crippen LogP contribution in [0.15, 0.2) is 42.5 Å². The molecule has 6 rings (SSSR count). The zero-order valence-corrected chi connectivity index (χ0v) is 24.6. The Morgan fingerprint density at radius 3 is 2.49 bits per heavy atom. The van der Waals surface area contributed by atoms with Crippen molar-refractivity contribution in [3.8, 4) is 11.3 Å². The van der Waals surface area contributed by atoms with E-state index in [2.05, 4.69) is 44.8 Å². The molecule has 43 heavy (non-hydrogen) atoms. The molecule has 12 heteroatoms. The van der Waals surface area contributed by atoms with Crippen molar-refractivity contribution in [2.45, 2.75) is 76.7 Å². The molecule has 0 bridgehead atoms. The number of benzene rings is 2. The number of aliphatic carboxylic acids is 1. The molecule has 0 radical (unpaired) electrons. The minimum atomic E-state index is -5.08. The molecule has 1 unspecified atom stereocenters. The van der Waals surface area contributed by atoms with Gasteiger partial charge in [-0.1, -0.05) is 54.3 Å². The first-order chi connectivity index (χ1) is 20.5. The Morgan fingerprint density at radius 1 is 1.07 bits per heavy atom. The number of halogens is 5. The number of nitrogens with one attached hydrogen (secondary N) is 1. The summed E-state index contributed by atoms with van der Waals surface area (Å²) in [5.41, 5.74) is 7.33. The molecular formula is C31H34ClF4N5O2. The molecule has 2 aliphatic heterocycles. The maximum absolute atomic E-state index is 14.7. The Balaban J connectivity index is 0.000000472. The normalized spacial score (nSPS) is 19.3. The van der Waals surface area contributed by atoms with Crippen molar-refractivity contribution in [1.82, 2.24) is 19.9 Å². The maximum atomic E-state index is 14.7. The van der Waals surface area contributed by atoms with Crippen LogP contribution in [0.4, 0.5) is 23.2 Å². The van der Waals surface area contributed by atoms with Gasteiger partial charge in [0.05, 0.1) is 23.1 Å². The topological polar surface area (TPSA) is 83.3 Å². The van der Waals surface area contributed by atoms with E-state index < -0.39 is 12.1 Å². The third-order valence-electron chi connectivity index (χ3n) is 8.42. The molecule has 2 N–H and O–H groups in total. The lowest BCUT2D eigenvalue weighted by molar-refractivity contribution is -0.192. The fourth-order valence-corrected chi connectivity index (χ4v) is 6.41. The number of carbonyl (C=O) groups is 1. The predicted octanol–water partition coefficient (Wildman–Crippen LogP) is 7.66. The molecule has 3 heterocycles. The summed E-state index contributed by atoms with van der Waals surface area (Å²) in [6, 6.07) is 12.1. The molecular weight excluding hydrogens is 586 g/mol. The molecule has 0 amide bonds. The third kappa shape index (κ3) is 7.21. The number of fused-ring (bicyclic) bond motifs is 3. The van der Waals surface area contributed by atoms with Gasteiger partial charge in [-0.25, -0.2) is 13.9 Å². The molecule has 1 saturated carbocycles. The van der Waals surface area contributed by atoms with E-state index in [4.69, 9.17) is 21.5 Å². The highest BCUT2D eigenvalue weighted by Gasteiger charge is 2.38. The summed E-state index contributed by atoms with van der Waals surface area (Å²) in [6.07, 6.45) is 5.99. The molecule has 1 aliphatic carbocycles. The Morgan fingerprint density at radius 2 is 1.81 bits per heavy atom. The number of alkyl halides is 3. The van der Waals surface area contributed by atoms with Crippen LogP contribution >= 0.6 is 11.6 Å². The first-order valence-electron chi connectivity index (χ1n) is 14.5. The second-order valence-corrected chi connectivity index (χ2v) is 11.7. The summed E-state index contributed by atoms with van der Waals surface area (Å²) in [6.45, 7) is 4.87. The smallest absolute Gasteiger partial charge is 0.475 e. The lowest BCUT2D eigenvalue weighted by Crippen LogP contribution is -2.39. The lowest BCUT2D eigenvalue weighted by Gasteiger charge is -2.36. The summed E-state index contributed by atoms with van der Waals surface area (Å²) in [5.74, 6) is -3.05. The third-order valence-corrected chi connectivity index (χ3v) is 8.65. The number of carboxylic acid groups (broad SMARTS) is 1. The molecule has 2 aromatic carbocycles. The van der Waals surface area contributed by atoms with E-state index in [1.165, 1.54) is 49.3 Å². The largest absolute Gasteiger partial charge is 0.490 e. The highest BCUT2D eigenvalue weighted by atomic mass is 35.5. The van der Waals surface area contributed by atoms with E-state index in [0.29, 0.717) is 17.3 Å². The van der Waals surface area contributed by atoms with Crippen LogP contribution in [0.25, 0.3) is 16.8 Å². The van der Waals surface area contributed by atoms with Crippen LogP contribution in [-0.4, -0.2) is 56.3 Å². The van der Waals surface area contributed by atoms with Gasteiger partial charge in [0.1, 0.15) is 5.82 Å². The van der Waals surface area contributed by atoms with Crippen molar-refractivity contribution in [3.05, 3.63) is 70.1 Å². The van der Waals surface area contributed by atoms with E-state index in [1.807, 2.05) is 11.6 Å². The van der Waals surface area contributed by atoms with E-state index in [1.54, 1.807) is 12.1 Å². The second-order valence-electron chi connectivity index (χ2n) is 11.2. The van der Waals surface area contributed by atoms with Gasteiger partial charge < -0.3 is 10.4 Å². The summed E-state index contributed by atoms with van der Waals surface area (Å²) >= 11 is 6.20. The van der Waals surface area contributed by atoms with Gasteiger partial charge in [0, 0.05) is 36.3 Å². The van der Waals surface area contributed by atoms with E-state index in [9.17, 15) is 17.6 Å². The zero-order chi connectivity index (χ0) is 30.7. The van der Waals surface area contributed by atoms with Crippen LogP contribution in [0.3, 0.4) is 0 Å². The zero-order valence-electron chi connectivity index (χ0n) is 23.8. The summed E-state index contributed by atoms with van der Waals surface area (Å²) in [7, 11) is 0. The van der Waals surface area contributed by atoms with Crippen LogP contribution in [0.1, 0.15) is 67.8 Å². The molecule has 3 aromatic rings. The van der Waals surface area contributed by atoms with Crippen LogP contribution in [0, 0.1) is 12.7 Å². The number of aryl methyl sites for hydroxylation is 2. The molecule has 3 aliphatic rings. The van der Waals surface area contributed by atoms with Crippen molar-refractivity contribution < 1.29 is 27.5 Å². The molecule has 0 saturated heterocycles. The summed E-state index contributed by atoms with van der Waals surface area (Å²) in [5, 5.41) is 19.8. The molecule has 1 aromatic heterocycles. The van der Waals surface area contributed by atoms with Crippen LogP contribution in [0.5, 0.6) is 0 Å². The Hall–Kier alpha value is -3.44. The number of carboxylic acids is 1. The monoisotopic (exact) mass is 619 g/mol. The minimum absolute atomic E-state index is 0.0723. The quantitative estimate of drug-likeness (QED) is 0.292. The van der Waals surface area contributed by atoms with E-state index in [0.717, 1.165) is 54.5 Å². The fourth-order valence-electron chi connectivity index (χ4n) is 6.23. The van der Waals surface area contributed by atoms with Crippen molar-refractivity contribution in [1.29, 1.82) is 0 Å². The Bertz CT molecular complexity index is 1500. The SMILES string of the molecule is Cc1nnn2c1-c1ccc(C3=CCN(C4CCCCC4)CC3)cc1C(Nc1cc(Cl)ccc1F)CC2.O=C(O)C(F)(F)F. The number of hydrogen-bond acceptors (Lipinski definition) is 5. The van der Waals surface area contributed by atoms with Gasteiger partial charge in [-0.15, -0.1) is 5.10 Å². The van der Waals surface area contributed by atoms with Crippen molar-refractivity contribution in [3.63, 3.8) is 0 Å².